The molecular weight excluding hydrogens is 797 g/mol. The fourth-order valence-corrected chi connectivity index (χ4v) is 12.9. The van der Waals surface area contributed by atoms with Crippen LogP contribution in [-0.2, 0) is 23.2 Å². The molecule has 2 aliphatic heterocycles. The second-order valence-electron chi connectivity index (χ2n) is 16.4. The van der Waals surface area contributed by atoms with E-state index in [4.69, 9.17) is 9.47 Å². The number of hydrogen-bond donors (Lipinski definition) is 8. The van der Waals surface area contributed by atoms with Crippen molar-refractivity contribution < 1.29 is 54.8 Å². The highest BCUT2D eigenvalue weighted by Crippen LogP contribution is 2.58. The van der Waals surface area contributed by atoms with Crippen molar-refractivity contribution in [3.05, 3.63) is 112 Å². The lowest BCUT2D eigenvalue weighted by Crippen LogP contribution is -2.69. The molecule has 3 aromatic rings. The number of carbonyl (C=O) groups is 2. The van der Waals surface area contributed by atoms with Crippen LogP contribution >= 0.6 is 21.6 Å². The second kappa shape index (κ2) is 16.9. The van der Waals surface area contributed by atoms with Gasteiger partial charge in [-0.2, -0.15) is 0 Å². The predicted octanol–water partition coefficient (Wildman–Crippen LogP) is 4.54. The number of nitrogens with zero attached hydrogens (tertiary/aromatic N) is 1. The zero-order valence-corrected chi connectivity index (χ0v) is 34.0. The van der Waals surface area contributed by atoms with E-state index in [2.05, 4.69) is 10.3 Å². The Bertz CT molecular complexity index is 2140. The van der Waals surface area contributed by atoms with E-state index >= 15 is 4.79 Å². The number of nitrogens with one attached hydrogen (secondary N) is 1. The minimum Gasteiger partial charge on any atom is -0.511 e. The van der Waals surface area contributed by atoms with Crippen LogP contribution in [-0.4, -0.2) is 107 Å². The molecule has 8 atom stereocenters. The largest absolute Gasteiger partial charge is 0.511 e. The molecule has 314 valence electrons. The van der Waals surface area contributed by atoms with Gasteiger partial charge in [-0.25, -0.2) is 4.98 Å². The Hall–Kier alpha value is -3.77. The van der Waals surface area contributed by atoms with Crippen molar-refractivity contribution in [1.82, 2.24) is 4.98 Å². The number of carbonyl (C=O) groups excluding carboxylic acids is 2. The Labute approximate surface area is 350 Å². The highest BCUT2D eigenvalue weighted by Gasteiger charge is 2.63. The molecule has 15 heteroatoms. The third kappa shape index (κ3) is 7.31. The summed E-state index contributed by atoms with van der Waals surface area (Å²) in [5, 5.41) is 81.4. The van der Waals surface area contributed by atoms with Crippen molar-refractivity contribution in [3.8, 4) is 5.75 Å². The van der Waals surface area contributed by atoms with E-state index in [1.165, 1.54) is 45.9 Å². The number of ketones is 2. The SMILES string of the molecule is O=C1c2cccc3c2C(=O)[C@@]2(C(O)=CC(Cc4cccc(CO)c4)=C[C@H]12)[C@H](CCCO)SSCNc1cc(ccn1)C1(CCCC1)C[C@]1(O)[C@H](O)[C@@H](CO)O[C@@H](O3)[C@@H]1O. The fraction of sp³-hybridized carbons (Fsp3) is 0.477. The number of fused-ring (bicyclic) bond motifs is 5. The van der Waals surface area contributed by atoms with E-state index in [1.54, 1.807) is 18.3 Å². The number of Topliss-reactive ketones (excluding diaryl/α,β-unsaturated/α-hetero) is 2. The van der Waals surface area contributed by atoms with Gasteiger partial charge in [0.1, 0.15) is 46.7 Å². The zero-order chi connectivity index (χ0) is 41.5. The molecule has 8 N–H and O–H groups in total. The molecular formula is C44H50N2O11S2. The van der Waals surface area contributed by atoms with Gasteiger partial charge in [-0.05, 0) is 90.5 Å². The summed E-state index contributed by atoms with van der Waals surface area (Å²) >= 11 is 0. The summed E-state index contributed by atoms with van der Waals surface area (Å²) in [6, 6.07) is 15.6. The topological polar surface area (TPSA) is 219 Å². The summed E-state index contributed by atoms with van der Waals surface area (Å²) in [6.07, 6.45) is 1.94. The molecule has 0 radical (unpaired) electrons. The van der Waals surface area contributed by atoms with Gasteiger partial charge in [-0.1, -0.05) is 76.9 Å². The quantitative estimate of drug-likeness (QED) is 0.153. The number of aromatic nitrogens is 1. The van der Waals surface area contributed by atoms with Gasteiger partial charge in [0.05, 0.1) is 30.6 Å². The maximum Gasteiger partial charge on any atom is 0.229 e. The van der Waals surface area contributed by atoms with Gasteiger partial charge in [0.2, 0.25) is 6.29 Å². The molecule has 2 aromatic carbocycles. The number of rotatable bonds is 7. The van der Waals surface area contributed by atoms with E-state index in [1.807, 2.05) is 30.3 Å². The Balaban J connectivity index is 1.28. The Morgan fingerprint density at radius 1 is 0.966 bits per heavy atom. The van der Waals surface area contributed by atoms with Crippen molar-refractivity contribution in [3.63, 3.8) is 0 Å². The molecule has 5 aliphatic rings. The number of ether oxygens (including phenoxy) is 2. The van der Waals surface area contributed by atoms with Crippen LogP contribution in [0.1, 0.15) is 82.4 Å². The van der Waals surface area contributed by atoms with Crippen molar-refractivity contribution in [2.45, 2.75) is 98.8 Å². The molecule has 0 unspecified atom stereocenters. The van der Waals surface area contributed by atoms with Crippen molar-refractivity contribution in [2.24, 2.45) is 11.3 Å². The monoisotopic (exact) mass is 846 g/mol. The van der Waals surface area contributed by atoms with Crippen molar-refractivity contribution in [2.75, 3.05) is 24.4 Å². The first-order chi connectivity index (χ1) is 28.5. The molecule has 2 spiro atoms. The highest BCUT2D eigenvalue weighted by molar-refractivity contribution is 8.77. The highest BCUT2D eigenvalue weighted by atomic mass is 33.1. The number of pyridine rings is 1. The normalized spacial score (nSPS) is 31.6. The van der Waals surface area contributed by atoms with E-state index < -0.39 is 70.4 Å². The van der Waals surface area contributed by atoms with Gasteiger partial charge in [0, 0.05) is 23.6 Å². The smallest absolute Gasteiger partial charge is 0.229 e. The number of aliphatic hydroxyl groups excluding tert-OH is 6. The first kappa shape index (κ1) is 41.9. The van der Waals surface area contributed by atoms with Crippen molar-refractivity contribution in [1.29, 1.82) is 0 Å². The van der Waals surface area contributed by atoms with Crippen molar-refractivity contribution >= 4 is 39.0 Å². The number of hydrogen-bond acceptors (Lipinski definition) is 15. The predicted molar refractivity (Wildman–Crippen MR) is 222 cm³/mol. The first-order valence-electron chi connectivity index (χ1n) is 20.1. The molecule has 2 fully saturated rings. The maximum atomic E-state index is 15.6. The van der Waals surface area contributed by atoms with Gasteiger partial charge >= 0.3 is 0 Å². The lowest BCUT2D eigenvalue weighted by molar-refractivity contribution is -0.318. The summed E-state index contributed by atoms with van der Waals surface area (Å²) < 4.78 is 12.3. The molecule has 3 heterocycles. The van der Waals surface area contributed by atoms with E-state index in [0.29, 0.717) is 42.1 Å². The minimum atomic E-state index is -2.26. The second-order valence-corrected chi connectivity index (χ2v) is 18.9. The summed E-state index contributed by atoms with van der Waals surface area (Å²) in [5.41, 5.74) is -1.91. The van der Waals surface area contributed by atoms with Crippen LogP contribution in [0.25, 0.3) is 0 Å². The van der Waals surface area contributed by atoms with Gasteiger partial charge in [-0.3, -0.25) is 9.59 Å². The number of anilines is 1. The lowest BCUT2D eigenvalue weighted by Gasteiger charge is -2.51. The molecule has 8 rings (SSSR count). The summed E-state index contributed by atoms with van der Waals surface area (Å²) in [4.78, 5) is 35.1. The average molecular weight is 847 g/mol. The van der Waals surface area contributed by atoms with Crippen LogP contribution in [0.5, 0.6) is 5.75 Å². The maximum absolute atomic E-state index is 15.6. The molecule has 1 saturated heterocycles. The van der Waals surface area contributed by atoms with Crippen LogP contribution < -0.4 is 10.1 Å². The summed E-state index contributed by atoms with van der Waals surface area (Å²) in [6.45, 7) is -1.08. The van der Waals surface area contributed by atoms with Gasteiger partial charge in [0.25, 0.3) is 0 Å². The Morgan fingerprint density at radius 2 is 1.75 bits per heavy atom. The van der Waals surface area contributed by atoms with E-state index in [0.717, 1.165) is 24.0 Å². The Kier molecular flexibility index (Phi) is 12.0. The molecule has 1 saturated carbocycles. The summed E-state index contributed by atoms with van der Waals surface area (Å²) in [7, 11) is 2.72. The first-order valence-corrected chi connectivity index (χ1v) is 22.5. The summed E-state index contributed by atoms with van der Waals surface area (Å²) in [5.74, 6) is -1.83. The Morgan fingerprint density at radius 3 is 2.51 bits per heavy atom. The number of benzene rings is 2. The van der Waals surface area contributed by atoms with Gasteiger partial charge in [0.15, 0.2) is 11.6 Å². The molecule has 0 amide bonds. The number of aliphatic hydroxyl groups is 7. The van der Waals surface area contributed by atoms with E-state index in [9.17, 15) is 40.5 Å². The molecule has 3 aliphatic carbocycles. The third-order valence-corrected chi connectivity index (χ3v) is 15.6. The van der Waals surface area contributed by atoms with Gasteiger partial charge < -0.3 is 50.5 Å². The molecule has 13 nitrogen and oxygen atoms in total. The standard InChI is InChI=1S/C44H50N2O11S2/c47-15-5-10-34-44-30(18-27(19-33(44)50)17-25-6-3-7-26(16-25)21-48)37(51)29-8-4-9-31(36(29)39(44)53)56-41-40(54)43(55,38(52)32(22-49)57-41)23-42(12-1-2-13-42)28-11-14-45-35(20-28)46-24-58-59-34/h3-4,6-9,11,14,16,18-20,30,32,34,38,40-41,47-50,52,54-55H,1-2,5,10,12-13,15,17,21-24H2,(H,45,46)/t30-,32-,34+,38-,40+,41-,43+,44+/m1/s1. The van der Waals surface area contributed by atoms with Crippen LogP contribution in [0.3, 0.4) is 0 Å². The minimum absolute atomic E-state index is 0.0316. The van der Waals surface area contributed by atoms with Crippen LogP contribution in [0, 0.1) is 11.3 Å². The molecule has 6 bridgehead atoms. The zero-order valence-electron chi connectivity index (χ0n) is 32.4. The van der Waals surface area contributed by atoms with Crippen LogP contribution in [0.2, 0.25) is 0 Å². The van der Waals surface area contributed by atoms with Crippen LogP contribution in [0.4, 0.5) is 5.82 Å². The third-order valence-electron chi connectivity index (χ3n) is 12.9. The lowest BCUT2D eigenvalue weighted by atomic mass is 9.57. The molecule has 59 heavy (non-hydrogen) atoms. The van der Waals surface area contributed by atoms with E-state index in [-0.39, 0.29) is 55.1 Å². The van der Waals surface area contributed by atoms with Gasteiger partial charge in [-0.15, -0.1) is 0 Å². The molecule has 1 aromatic heterocycles. The number of allylic oxidation sites excluding steroid dienone is 4. The van der Waals surface area contributed by atoms with Crippen LogP contribution in [0.15, 0.2) is 84.3 Å². The average Bonchev–Trinajstić information content (AvgIpc) is 3.72. The fourth-order valence-electron chi connectivity index (χ4n) is 10.0.